The fourth-order valence-corrected chi connectivity index (χ4v) is 3.99. The van der Waals surface area contributed by atoms with Crippen LogP contribution >= 0.6 is 0 Å². The quantitative estimate of drug-likeness (QED) is 0.0518. The highest BCUT2D eigenvalue weighted by Crippen LogP contribution is 2.13. The van der Waals surface area contributed by atoms with Gasteiger partial charge in [0.05, 0.1) is 158 Å². The van der Waals surface area contributed by atoms with Crippen LogP contribution in [0.25, 0.3) is 0 Å². The van der Waals surface area contributed by atoms with E-state index in [0.29, 0.717) is 145 Å². The van der Waals surface area contributed by atoms with E-state index in [2.05, 4.69) is 0 Å². The molecule has 1 heterocycles. The van der Waals surface area contributed by atoms with Crippen molar-refractivity contribution in [1.82, 2.24) is 0 Å². The lowest BCUT2D eigenvalue weighted by atomic mass is 10.2. The Morgan fingerprint density at radius 2 is 0.769 bits per heavy atom. The molecular formula is C34H62O18. The van der Waals surface area contributed by atoms with Gasteiger partial charge in [-0.1, -0.05) is 0 Å². The van der Waals surface area contributed by atoms with Gasteiger partial charge in [-0.2, -0.15) is 0 Å². The fraction of sp³-hybridized carbons (Fsp3) is 0.912. The average Bonchev–Trinajstić information content (AvgIpc) is 3.15. The molecule has 0 aromatic rings. The van der Waals surface area contributed by atoms with Gasteiger partial charge in [-0.3, -0.25) is 9.59 Å². The van der Waals surface area contributed by atoms with Crippen LogP contribution in [0, 0.1) is 0 Å². The van der Waals surface area contributed by atoms with Crippen molar-refractivity contribution in [2.24, 2.45) is 0 Å². The first-order chi connectivity index (χ1) is 25.6. The first kappa shape index (κ1) is 48.1. The third-order valence-electron chi connectivity index (χ3n) is 6.67. The lowest BCUT2D eigenvalue weighted by Crippen LogP contribution is -2.24. The molecule has 0 spiro atoms. The van der Waals surface area contributed by atoms with Crippen LogP contribution in [0.4, 0.5) is 0 Å². The number of ketones is 1. The number of esters is 1. The maximum Gasteiger partial charge on any atom is 0.372 e. The van der Waals surface area contributed by atoms with E-state index in [1.165, 1.54) is 0 Å². The van der Waals surface area contributed by atoms with Gasteiger partial charge < -0.3 is 71.4 Å². The third kappa shape index (κ3) is 35.1. The predicted molar refractivity (Wildman–Crippen MR) is 181 cm³/mol. The van der Waals surface area contributed by atoms with Gasteiger partial charge in [0.1, 0.15) is 6.61 Å². The Morgan fingerprint density at radius 1 is 0.442 bits per heavy atom. The van der Waals surface area contributed by atoms with Crippen LogP contribution in [0.5, 0.6) is 0 Å². The Morgan fingerprint density at radius 3 is 1.08 bits per heavy atom. The normalized spacial score (nSPS) is 14.5. The molecule has 1 saturated heterocycles. The molecule has 18 heteroatoms. The van der Waals surface area contributed by atoms with Gasteiger partial charge in [0.25, 0.3) is 0 Å². The lowest BCUT2D eigenvalue weighted by Gasteiger charge is -2.22. The van der Waals surface area contributed by atoms with Crippen LogP contribution in [-0.4, -0.2) is 194 Å². The number of ether oxygens (including phenoxy) is 14. The smallest absolute Gasteiger partial charge is 0.372 e. The zero-order valence-electron chi connectivity index (χ0n) is 30.7. The molecular weight excluding hydrogens is 696 g/mol. The third-order valence-corrected chi connectivity index (χ3v) is 6.67. The minimum Gasteiger partial charge on any atom is -0.476 e. The summed E-state index contributed by atoms with van der Waals surface area (Å²) < 4.78 is 75.7. The maximum atomic E-state index is 11.4. The number of carboxylic acid groups (broad SMARTS) is 1. The van der Waals surface area contributed by atoms with Gasteiger partial charge >= 0.3 is 11.9 Å². The molecule has 0 saturated carbocycles. The molecule has 1 unspecified atom stereocenters. The number of aliphatic carboxylic acids is 1. The second-order valence-corrected chi connectivity index (χ2v) is 10.9. The number of carbonyl (C=O) groups excluding carboxylic acids is 2. The minimum absolute atomic E-state index is 0.0122. The van der Waals surface area contributed by atoms with E-state index in [9.17, 15) is 14.4 Å². The Hall–Kier alpha value is -1.91. The number of hydrogen-bond acceptors (Lipinski definition) is 17. The summed E-state index contributed by atoms with van der Waals surface area (Å²) in [5.74, 6) is -3.24. The topological polar surface area (TPSA) is 201 Å². The molecule has 0 amide bonds. The largest absolute Gasteiger partial charge is 0.476 e. The Labute approximate surface area is 307 Å². The van der Waals surface area contributed by atoms with E-state index in [1.54, 1.807) is 0 Å². The summed E-state index contributed by atoms with van der Waals surface area (Å²) in [4.78, 5) is 32.7. The van der Waals surface area contributed by atoms with Crippen LogP contribution in [0.15, 0.2) is 0 Å². The molecule has 1 rings (SSSR count). The SMILES string of the molecule is O=C(CCC(=O)C(=O)O)OCCOCCOCCOCCOCCOCCOCCOCCOCCOCCOCCOCCOC1CCCCO1. The van der Waals surface area contributed by atoms with Crippen LogP contribution in [0.3, 0.4) is 0 Å². The number of carboxylic acids is 1. The van der Waals surface area contributed by atoms with Crippen molar-refractivity contribution in [3.8, 4) is 0 Å². The summed E-state index contributed by atoms with van der Waals surface area (Å²) in [7, 11) is 0. The van der Waals surface area contributed by atoms with Gasteiger partial charge in [0.2, 0.25) is 5.78 Å². The van der Waals surface area contributed by atoms with Gasteiger partial charge in [-0.05, 0) is 19.3 Å². The average molecular weight is 759 g/mol. The Kier molecular flexibility index (Phi) is 35.9. The van der Waals surface area contributed by atoms with Gasteiger partial charge in [0.15, 0.2) is 6.29 Å². The summed E-state index contributed by atoms with van der Waals surface area (Å²) in [6.45, 7) is 11.2. The van der Waals surface area contributed by atoms with E-state index in [0.717, 1.165) is 25.9 Å². The van der Waals surface area contributed by atoms with E-state index in [1.807, 2.05) is 0 Å². The maximum absolute atomic E-state index is 11.4. The molecule has 0 radical (unpaired) electrons. The van der Waals surface area contributed by atoms with Crippen molar-refractivity contribution < 1.29 is 85.8 Å². The summed E-state index contributed by atoms with van der Waals surface area (Å²) in [6, 6.07) is 0. The number of rotatable bonds is 41. The number of carbonyl (C=O) groups is 3. The van der Waals surface area contributed by atoms with E-state index in [4.69, 9.17) is 71.4 Å². The molecule has 1 atom stereocenters. The Balaban J connectivity index is 1.62. The van der Waals surface area contributed by atoms with E-state index in [-0.39, 0.29) is 32.3 Å². The second-order valence-electron chi connectivity index (χ2n) is 10.9. The summed E-state index contributed by atoms with van der Waals surface area (Å²) in [6.07, 6.45) is 2.49. The van der Waals surface area contributed by atoms with Crippen molar-refractivity contribution in [2.45, 2.75) is 38.4 Å². The predicted octanol–water partition coefficient (Wildman–Crippen LogP) is 0.689. The highest BCUT2D eigenvalue weighted by molar-refractivity contribution is 6.32. The molecule has 0 aliphatic carbocycles. The molecule has 306 valence electrons. The van der Waals surface area contributed by atoms with Crippen molar-refractivity contribution in [1.29, 1.82) is 0 Å². The molecule has 0 bridgehead atoms. The van der Waals surface area contributed by atoms with Gasteiger partial charge in [-0.15, -0.1) is 0 Å². The summed E-state index contributed by atoms with van der Waals surface area (Å²) in [5.41, 5.74) is 0. The molecule has 1 N–H and O–H groups in total. The molecule has 1 aliphatic heterocycles. The lowest BCUT2D eigenvalue weighted by molar-refractivity contribution is -0.169. The van der Waals surface area contributed by atoms with E-state index >= 15 is 0 Å². The van der Waals surface area contributed by atoms with Crippen molar-refractivity contribution >= 4 is 17.7 Å². The van der Waals surface area contributed by atoms with Gasteiger partial charge in [-0.25, -0.2) is 4.79 Å². The zero-order chi connectivity index (χ0) is 37.4. The van der Waals surface area contributed by atoms with Gasteiger partial charge in [0, 0.05) is 13.0 Å². The van der Waals surface area contributed by atoms with E-state index < -0.39 is 17.7 Å². The number of Topliss-reactive ketones (excluding diaryl/α,β-unsaturated/α-hetero) is 1. The number of hydrogen-bond donors (Lipinski definition) is 1. The van der Waals surface area contributed by atoms with Crippen LogP contribution < -0.4 is 0 Å². The molecule has 0 aromatic heterocycles. The molecule has 52 heavy (non-hydrogen) atoms. The second kappa shape index (κ2) is 38.8. The van der Waals surface area contributed by atoms with Crippen LogP contribution in [-0.2, 0) is 80.7 Å². The zero-order valence-corrected chi connectivity index (χ0v) is 30.7. The molecule has 1 aliphatic rings. The van der Waals surface area contributed by atoms with Crippen molar-refractivity contribution in [2.75, 3.05) is 165 Å². The molecule has 18 nitrogen and oxygen atoms in total. The first-order valence-corrected chi connectivity index (χ1v) is 18.1. The fourth-order valence-electron chi connectivity index (χ4n) is 3.99. The standard InChI is InChI=1S/C34H62O18/c35-31(34(37)38)4-5-32(36)50-29-27-48-25-23-46-21-19-44-17-15-42-13-11-40-9-7-39-8-10-41-12-14-43-16-18-45-20-22-47-24-26-49-28-30-52-33-3-1-2-6-51-33/h33H,1-30H2,(H,37,38). The van der Waals surface area contributed by atoms with Crippen molar-refractivity contribution in [3.63, 3.8) is 0 Å². The minimum atomic E-state index is -1.56. The molecule has 0 aromatic carbocycles. The monoisotopic (exact) mass is 758 g/mol. The van der Waals surface area contributed by atoms with Crippen molar-refractivity contribution in [3.05, 3.63) is 0 Å². The molecule has 1 fully saturated rings. The first-order valence-electron chi connectivity index (χ1n) is 18.1. The van der Waals surface area contributed by atoms with Crippen LogP contribution in [0.1, 0.15) is 32.1 Å². The van der Waals surface area contributed by atoms with Crippen LogP contribution in [0.2, 0.25) is 0 Å². The summed E-state index contributed by atoms with van der Waals surface area (Å²) in [5, 5.41) is 8.45. The highest BCUT2D eigenvalue weighted by Gasteiger charge is 2.14. The highest BCUT2D eigenvalue weighted by atomic mass is 16.7. The Bertz CT molecular complexity index is 813. The summed E-state index contributed by atoms with van der Waals surface area (Å²) >= 11 is 0.